The van der Waals surface area contributed by atoms with Crippen LogP contribution in [0.25, 0.3) is 0 Å². The molecular formula is C23H28N2O5. The molecule has 0 aromatic heterocycles. The van der Waals surface area contributed by atoms with Crippen LogP contribution in [0, 0.1) is 0 Å². The van der Waals surface area contributed by atoms with Gasteiger partial charge in [0.25, 0.3) is 5.91 Å². The van der Waals surface area contributed by atoms with E-state index in [4.69, 9.17) is 14.2 Å². The van der Waals surface area contributed by atoms with Gasteiger partial charge < -0.3 is 24.4 Å². The fraction of sp³-hybridized carbons (Fsp3) is 0.391. The average molecular weight is 412 g/mol. The number of nitrogens with one attached hydrogen (secondary N) is 1. The highest BCUT2D eigenvalue weighted by Crippen LogP contribution is 2.19. The van der Waals surface area contributed by atoms with Gasteiger partial charge in [-0.3, -0.25) is 4.79 Å². The van der Waals surface area contributed by atoms with Crippen LogP contribution in [0.3, 0.4) is 0 Å². The number of nitrogens with zero attached hydrogens (tertiary/aromatic N) is 1. The zero-order valence-corrected chi connectivity index (χ0v) is 17.4. The standard InChI is InChI=1S/C23H28N2O5/c1-3-14-29-21-10-4-18(5-11-21)23(27)30-17(2)22(26)24-19-6-8-20(9-7-19)25-12-15-28-16-13-25/h4-11,17H,3,12-16H2,1-2H3,(H,24,26)/t17-/m0/s1. The first-order valence-electron chi connectivity index (χ1n) is 10.2. The second kappa shape index (κ2) is 10.6. The smallest absolute Gasteiger partial charge is 0.338 e. The van der Waals surface area contributed by atoms with Gasteiger partial charge in [-0.15, -0.1) is 0 Å². The molecule has 0 unspecified atom stereocenters. The second-order valence-corrected chi connectivity index (χ2v) is 7.06. The molecule has 0 saturated carbocycles. The number of ether oxygens (including phenoxy) is 3. The van der Waals surface area contributed by atoms with Gasteiger partial charge in [0, 0.05) is 24.5 Å². The minimum Gasteiger partial charge on any atom is -0.494 e. The van der Waals surface area contributed by atoms with E-state index < -0.39 is 12.1 Å². The lowest BCUT2D eigenvalue weighted by atomic mass is 10.2. The molecule has 1 atom stereocenters. The molecule has 1 amide bonds. The van der Waals surface area contributed by atoms with Gasteiger partial charge in [0.15, 0.2) is 6.10 Å². The Kier molecular flexibility index (Phi) is 7.68. The molecule has 1 fully saturated rings. The van der Waals surface area contributed by atoms with Gasteiger partial charge in [0.1, 0.15) is 5.75 Å². The van der Waals surface area contributed by atoms with Crippen molar-refractivity contribution in [1.82, 2.24) is 0 Å². The molecule has 30 heavy (non-hydrogen) atoms. The molecule has 0 bridgehead atoms. The van der Waals surface area contributed by atoms with Crippen molar-refractivity contribution in [2.75, 3.05) is 43.1 Å². The third kappa shape index (κ3) is 5.97. The van der Waals surface area contributed by atoms with E-state index in [1.54, 1.807) is 31.2 Å². The van der Waals surface area contributed by atoms with E-state index in [1.165, 1.54) is 0 Å². The fourth-order valence-electron chi connectivity index (χ4n) is 3.01. The number of benzene rings is 2. The molecule has 1 aliphatic heterocycles. The molecule has 7 heteroatoms. The SMILES string of the molecule is CCCOc1ccc(C(=O)O[C@@H](C)C(=O)Nc2ccc(N3CCOCC3)cc2)cc1. The number of amides is 1. The van der Waals surface area contributed by atoms with Crippen molar-refractivity contribution in [3.05, 3.63) is 54.1 Å². The first kappa shape index (κ1) is 21.6. The summed E-state index contributed by atoms with van der Waals surface area (Å²) in [4.78, 5) is 26.9. The summed E-state index contributed by atoms with van der Waals surface area (Å²) in [5.41, 5.74) is 2.10. The highest BCUT2D eigenvalue weighted by atomic mass is 16.5. The van der Waals surface area contributed by atoms with Gasteiger partial charge in [-0.05, 0) is 61.9 Å². The molecular weight excluding hydrogens is 384 g/mol. The van der Waals surface area contributed by atoms with Gasteiger partial charge in [-0.2, -0.15) is 0 Å². The summed E-state index contributed by atoms with van der Waals surface area (Å²) in [6.45, 7) is 7.33. The molecule has 1 saturated heterocycles. The molecule has 0 radical (unpaired) electrons. The predicted molar refractivity (Wildman–Crippen MR) is 115 cm³/mol. The van der Waals surface area contributed by atoms with E-state index in [2.05, 4.69) is 10.2 Å². The molecule has 1 aliphatic rings. The molecule has 3 rings (SSSR count). The Bertz CT molecular complexity index is 830. The van der Waals surface area contributed by atoms with Crippen molar-refractivity contribution in [2.45, 2.75) is 26.4 Å². The summed E-state index contributed by atoms with van der Waals surface area (Å²) >= 11 is 0. The van der Waals surface area contributed by atoms with Crippen LogP contribution in [0.4, 0.5) is 11.4 Å². The molecule has 0 spiro atoms. The normalized spacial score (nSPS) is 14.7. The number of esters is 1. The van der Waals surface area contributed by atoms with Crippen LogP contribution in [0.15, 0.2) is 48.5 Å². The van der Waals surface area contributed by atoms with E-state index in [-0.39, 0.29) is 5.91 Å². The van der Waals surface area contributed by atoms with Crippen LogP contribution < -0.4 is 15.0 Å². The van der Waals surface area contributed by atoms with Crippen LogP contribution in [0.5, 0.6) is 5.75 Å². The number of carbonyl (C=O) groups is 2. The lowest BCUT2D eigenvalue weighted by Crippen LogP contribution is -2.36. The first-order valence-corrected chi connectivity index (χ1v) is 10.2. The summed E-state index contributed by atoms with van der Waals surface area (Å²) in [6, 6.07) is 14.3. The number of hydrogen-bond donors (Lipinski definition) is 1. The maximum Gasteiger partial charge on any atom is 0.338 e. The van der Waals surface area contributed by atoms with Crippen molar-refractivity contribution in [1.29, 1.82) is 0 Å². The van der Waals surface area contributed by atoms with Gasteiger partial charge >= 0.3 is 5.97 Å². The van der Waals surface area contributed by atoms with E-state index in [1.807, 2.05) is 31.2 Å². The number of anilines is 2. The van der Waals surface area contributed by atoms with Gasteiger partial charge in [0.05, 0.1) is 25.4 Å². The third-order valence-corrected chi connectivity index (χ3v) is 4.73. The number of morpholine rings is 1. The largest absolute Gasteiger partial charge is 0.494 e. The Morgan fingerprint density at radius 1 is 1.07 bits per heavy atom. The lowest BCUT2D eigenvalue weighted by molar-refractivity contribution is -0.123. The average Bonchev–Trinajstić information content (AvgIpc) is 2.79. The summed E-state index contributed by atoms with van der Waals surface area (Å²) in [7, 11) is 0. The maximum atomic E-state index is 12.4. The summed E-state index contributed by atoms with van der Waals surface area (Å²) in [6.07, 6.45) is -0.0146. The van der Waals surface area contributed by atoms with Crippen LogP contribution in [-0.2, 0) is 14.3 Å². The summed E-state index contributed by atoms with van der Waals surface area (Å²) < 4.78 is 16.2. The topological polar surface area (TPSA) is 77.1 Å². The summed E-state index contributed by atoms with van der Waals surface area (Å²) in [5.74, 6) is -0.243. The van der Waals surface area contributed by atoms with E-state index in [9.17, 15) is 9.59 Å². The molecule has 160 valence electrons. The van der Waals surface area contributed by atoms with Crippen molar-refractivity contribution in [3.63, 3.8) is 0 Å². The van der Waals surface area contributed by atoms with Gasteiger partial charge in [-0.25, -0.2) is 4.79 Å². The van der Waals surface area contributed by atoms with Crippen LogP contribution in [0.1, 0.15) is 30.6 Å². The molecule has 2 aromatic rings. The minimum atomic E-state index is -0.924. The zero-order valence-electron chi connectivity index (χ0n) is 17.4. The number of rotatable bonds is 8. The van der Waals surface area contributed by atoms with Crippen LogP contribution >= 0.6 is 0 Å². The lowest BCUT2D eigenvalue weighted by Gasteiger charge is -2.28. The van der Waals surface area contributed by atoms with Crippen LogP contribution in [-0.4, -0.2) is 50.9 Å². The van der Waals surface area contributed by atoms with E-state index in [0.717, 1.165) is 38.4 Å². The molecule has 0 aliphatic carbocycles. The van der Waals surface area contributed by atoms with Crippen LogP contribution in [0.2, 0.25) is 0 Å². The predicted octanol–water partition coefficient (Wildman–Crippen LogP) is 3.50. The second-order valence-electron chi connectivity index (χ2n) is 7.06. The summed E-state index contributed by atoms with van der Waals surface area (Å²) in [5, 5.41) is 2.78. The van der Waals surface area contributed by atoms with Crippen molar-refractivity contribution in [2.24, 2.45) is 0 Å². The van der Waals surface area contributed by atoms with Crippen molar-refractivity contribution < 1.29 is 23.8 Å². The Balaban J connectivity index is 1.50. The van der Waals surface area contributed by atoms with E-state index in [0.29, 0.717) is 23.6 Å². The van der Waals surface area contributed by atoms with Crippen molar-refractivity contribution in [3.8, 4) is 5.75 Å². The molecule has 7 nitrogen and oxygen atoms in total. The van der Waals surface area contributed by atoms with Gasteiger partial charge in [-0.1, -0.05) is 6.92 Å². The Labute approximate surface area is 176 Å². The highest BCUT2D eigenvalue weighted by Gasteiger charge is 2.19. The maximum absolute atomic E-state index is 12.4. The number of carbonyl (C=O) groups excluding carboxylic acids is 2. The fourth-order valence-corrected chi connectivity index (χ4v) is 3.01. The third-order valence-electron chi connectivity index (χ3n) is 4.73. The van der Waals surface area contributed by atoms with Crippen molar-refractivity contribution >= 4 is 23.3 Å². The zero-order chi connectivity index (χ0) is 21.3. The quantitative estimate of drug-likeness (QED) is 0.669. The van der Waals surface area contributed by atoms with Gasteiger partial charge in [0.2, 0.25) is 0 Å². The monoisotopic (exact) mass is 412 g/mol. The minimum absolute atomic E-state index is 0.369. The molecule has 1 heterocycles. The Morgan fingerprint density at radius 3 is 2.37 bits per heavy atom. The molecule has 2 aromatic carbocycles. The Hall–Kier alpha value is -3.06. The number of hydrogen-bond acceptors (Lipinski definition) is 6. The molecule has 1 N–H and O–H groups in total. The first-order chi connectivity index (χ1) is 14.6. The highest BCUT2D eigenvalue weighted by molar-refractivity contribution is 5.97. The van der Waals surface area contributed by atoms with E-state index >= 15 is 0 Å². The Morgan fingerprint density at radius 2 is 1.73 bits per heavy atom.